The molecule has 1 N–H and O–H groups in total. The molecule has 2 rings (SSSR count). The fourth-order valence-corrected chi connectivity index (χ4v) is 3.24. The van der Waals surface area contributed by atoms with Crippen LogP contribution in [0.4, 0.5) is 0 Å². The van der Waals surface area contributed by atoms with Gasteiger partial charge in [0, 0.05) is 11.6 Å². The predicted molar refractivity (Wildman–Crippen MR) is 90.0 cm³/mol. The number of rotatable bonds is 6. The summed E-state index contributed by atoms with van der Waals surface area (Å²) < 4.78 is 5.13. The van der Waals surface area contributed by atoms with Crippen LogP contribution in [0.15, 0.2) is 24.3 Å². The Labute approximate surface area is 142 Å². The molecule has 0 aliphatic heterocycles. The second-order valence-corrected chi connectivity index (χ2v) is 6.41. The fourth-order valence-electron chi connectivity index (χ4n) is 3.11. The van der Waals surface area contributed by atoms with Crippen LogP contribution in [0.2, 0.25) is 5.02 Å². The molecule has 1 unspecified atom stereocenters. The molecule has 0 radical (unpaired) electrons. The van der Waals surface area contributed by atoms with E-state index in [0.717, 1.165) is 31.2 Å². The van der Waals surface area contributed by atoms with Gasteiger partial charge in [-0.25, -0.2) is 0 Å². The van der Waals surface area contributed by atoms with Gasteiger partial charge in [-0.15, -0.1) is 0 Å². The summed E-state index contributed by atoms with van der Waals surface area (Å²) in [5.74, 6) is -1.23. The molecule has 1 atom stereocenters. The molecule has 5 heteroatoms. The van der Waals surface area contributed by atoms with E-state index in [1.807, 2.05) is 12.1 Å². The lowest BCUT2D eigenvalue weighted by Crippen LogP contribution is -2.41. The number of benzene rings is 1. The van der Waals surface area contributed by atoms with Crippen molar-refractivity contribution in [2.45, 2.75) is 45.6 Å². The minimum Gasteiger partial charge on any atom is -0.465 e. The molecular weight excluding hydrogens is 314 g/mol. The van der Waals surface area contributed by atoms with Crippen LogP contribution in [0.1, 0.15) is 44.6 Å². The monoisotopic (exact) mass is 337 g/mol. The minimum absolute atomic E-state index is 0.0908. The number of esters is 1. The van der Waals surface area contributed by atoms with Crippen molar-refractivity contribution in [2.75, 3.05) is 6.61 Å². The number of carbonyl (C=O) groups is 2. The number of halogens is 1. The van der Waals surface area contributed by atoms with E-state index in [2.05, 4.69) is 5.32 Å². The van der Waals surface area contributed by atoms with Crippen LogP contribution >= 0.6 is 11.6 Å². The molecular formula is C18H24ClNO3. The number of nitrogens with one attached hydrogen (secondary N) is 1. The maximum Gasteiger partial charge on any atom is 0.318 e. The standard InChI is InChI=1S/C18H24ClNO3/c1-2-23-18(22)16(14-6-4-3-5-7-14)17(21)20-12-13-8-10-15(19)11-9-13/h8-11,14,16H,2-7,12H2,1H3,(H,20,21). The lowest BCUT2D eigenvalue weighted by Gasteiger charge is -2.27. The largest absolute Gasteiger partial charge is 0.465 e. The molecule has 0 bridgehead atoms. The number of hydrogen-bond donors (Lipinski definition) is 1. The van der Waals surface area contributed by atoms with Gasteiger partial charge in [0.1, 0.15) is 5.92 Å². The van der Waals surface area contributed by atoms with Gasteiger partial charge in [0.15, 0.2) is 0 Å². The fraction of sp³-hybridized carbons (Fsp3) is 0.556. The highest BCUT2D eigenvalue weighted by molar-refractivity contribution is 6.30. The molecule has 0 spiro atoms. The van der Waals surface area contributed by atoms with E-state index < -0.39 is 11.9 Å². The number of hydrogen-bond acceptors (Lipinski definition) is 3. The molecule has 1 fully saturated rings. The van der Waals surface area contributed by atoms with Crippen molar-refractivity contribution in [3.63, 3.8) is 0 Å². The molecule has 126 valence electrons. The Bertz CT molecular complexity index is 524. The molecule has 0 heterocycles. The van der Waals surface area contributed by atoms with E-state index in [0.29, 0.717) is 18.2 Å². The van der Waals surface area contributed by atoms with E-state index >= 15 is 0 Å². The zero-order chi connectivity index (χ0) is 16.7. The van der Waals surface area contributed by atoms with Crippen molar-refractivity contribution in [1.29, 1.82) is 0 Å². The molecule has 1 aliphatic rings. The van der Waals surface area contributed by atoms with Gasteiger partial charge >= 0.3 is 5.97 Å². The van der Waals surface area contributed by atoms with E-state index in [9.17, 15) is 9.59 Å². The second-order valence-electron chi connectivity index (χ2n) is 5.97. The van der Waals surface area contributed by atoms with Gasteiger partial charge in [-0.2, -0.15) is 0 Å². The molecule has 0 saturated heterocycles. The van der Waals surface area contributed by atoms with Gasteiger partial charge in [-0.05, 0) is 43.4 Å². The van der Waals surface area contributed by atoms with Crippen molar-refractivity contribution in [1.82, 2.24) is 5.32 Å². The summed E-state index contributed by atoms with van der Waals surface area (Å²) in [7, 11) is 0. The molecule has 4 nitrogen and oxygen atoms in total. The molecule has 0 aromatic heterocycles. The van der Waals surface area contributed by atoms with Gasteiger partial charge < -0.3 is 10.1 Å². The van der Waals surface area contributed by atoms with Gasteiger partial charge in [-0.3, -0.25) is 9.59 Å². The second kappa shape index (κ2) is 8.92. The van der Waals surface area contributed by atoms with Gasteiger partial charge in [0.2, 0.25) is 5.91 Å². The highest BCUT2D eigenvalue weighted by Gasteiger charge is 2.36. The molecule has 1 amide bonds. The van der Waals surface area contributed by atoms with Crippen LogP contribution in [-0.2, 0) is 20.9 Å². The van der Waals surface area contributed by atoms with Gasteiger partial charge in [0.25, 0.3) is 0 Å². The van der Waals surface area contributed by atoms with Crippen LogP contribution in [0.5, 0.6) is 0 Å². The zero-order valence-corrected chi connectivity index (χ0v) is 14.3. The zero-order valence-electron chi connectivity index (χ0n) is 13.5. The van der Waals surface area contributed by atoms with Gasteiger partial charge in [-0.1, -0.05) is 43.0 Å². The number of carbonyl (C=O) groups excluding carboxylic acids is 2. The first-order valence-electron chi connectivity index (χ1n) is 8.30. The average molecular weight is 338 g/mol. The van der Waals surface area contributed by atoms with Crippen molar-refractivity contribution >= 4 is 23.5 Å². The summed E-state index contributed by atoms with van der Waals surface area (Å²) in [6, 6.07) is 7.30. The third kappa shape index (κ3) is 5.24. The molecule has 1 aromatic carbocycles. The molecule has 1 aliphatic carbocycles. The smallest absolute Gasteiger partial charge is 0.318 e. The summed E-state index contributed by atoms with van der Waals surface area (Å²) >= 11 is 5.85. The average Bonchev–Trinajstić information content (AvgIpc) is 2.56. The summed E-state index contributed by atoms with van der Waals surface area (Å²) in [6.45, 7) is 2.45. The summed E-state index contributed by atoms with van der Waals surface area (Å²) in [5.41, 5.74) is 0.953. The lowest BCUT2D eigenvalue weighted by molar-refractivity contribution is -0.155. The van der Waals surface area contributed by atoms with Crippen LogP contribution in [0.25, 0.3) is 0 Å². The van der Waals surface area contributed by atoms with Gasteiger partial charge in [0.05, 0.1) is 6.61 Å². The highest BCUT2D eigenvalue weighted by atomic mass is 35.5. The first-order valence-corrected chi connectivity index (χ1v) is 8.68. The maximum atomic E-state index is 12.6. The number of amides is 1. The van der Waals surface area contributed by atoms with E-state index in [-0.39, 0.29) is 11.8 Å². The minimum atomic E-state index is -0.692. The molecule has 1 aromatic rings. The van der Waals surface area contributed by atoms with Crippen LogP contribution in [0.3, 0.4) is 0 Å². The van der Waals surface area contributed by atoms with Crippen LogP contribution < -0.4 is 5.32 Å². The number of ether oxygens (including phenoxy) is 1. The Morgan fingerprint density at radius 2 is 1.87 bits per heavy atom. The quantitative estimate of drug-likeness (QED) is 0.636. The van der Waals surface area contributed by atoms with Crippen molar-refractivity contribution in [3.05, 3.63) is 34.9 Å². The Hall–Kier alpha value is -1.55. The van der Waals surface area contributed by atoms with E-state index in [4.69, 9.17) is 16.3 Å². The topological polar surface area (TPSA) is 55.4 Å². The van der Waals surface area contributed by atoms with E-state index in [1.165, 1.54) is 6.42 Å². The Morgan fingerprint density at radius 3 is 2.48 bits per heavy atom. The Morgan fingerprint density at radius 1 is 1.22 bits per heavy atom. The highest BCUT2D eigenvalue weighted by Crippen LogP contribution is 2.31. The van der Waals surface area contributed by atoms with Crippen LogP contribution in [-0.4, -0.2) is 18.5 Å². The first kappa shape index (κ1) is 17.8. The van der Waals surface area contributed by atoms with Crippen LogP contribution in [0, 0.1) is 11.8 Å². The lowest BCUT2D eigenvalue weighted by atomic mass is 9.79. The Kier molecular flexibility index (Phi) is 6.90. The Balaban J connectivity index is 2.00. The summed E-state index contributed by atoms with van der Waals surface area (Å²) in [6.07, 6.45) is 5.16. The van der Waals surface area contributed by atoms with Crippen molar-refractivity contribution in [2.24, 2.45) is 11.8 Å². The first-order chi connectivity index (χ1) is 11.1. The molecule has 1 saturated carbocycles. The SMILES string of the molecule is CCOC(=O)C(C(=O)NCc1ccc(Cl)cc1)C1CCCCC1. The normalized spacial score (nSPS) is 16.6. The maximum absolute atomic E-state index is 12.6. The molecule has 23 heavy (non-hydrogen) atoms. The summed E-state index contributed by atoms with van der Waals surface area (Å²) in [4.78, 5) is 24.8. The third-order valence-corrected chi connectivity index (χ3v) is 4.58. The van der Waals surface area contributed by atoms with Crippen molar-refractivity contribution < 1.29 is 14.3 Å². The predicted octanol–water partition coefficient (Wildman–Crippen LogP) is 3.72. The summed E-state index contributed by atoms with van der Waals surface area (Å²) in [5, 5.41) is 3.53. The van der Waals surface area contributed by atoms with E-state index in [1.54, 1.807) is 19.1 Å². The third-order valence-electron chi connectivity index (χ3n) is 4.32. The van der Waals surface area contributed by atoms with Crippen molar-refractivity contribution in [3.8, 4) is 0 Å².